The second-order valence-electron chi connectivity index (χ2n) is 5.85. The van der Waals surface area contributed by atoms with Crippen LogP contribution in [-0.4, -0.2) is 38.3 Å². The van der Waals surface area contributed by atoms with E-state index in [0.29, 0.717) is 32.5 Å². The molecule has 1 N–H and O–H groups in total. The molecule has 0 bridgehead atoms. The lowest BCUT2D eigenvalue weighted by atomic mass is 9.97. The smallest absolute Gasteiger partial charge is 0.223 e. The monoisotopic (exact) mass is 402 g/mol. The summed E-state index contributed by atoms with van der Waals surface area (Å²) >= 11 is 3.34. The molecule has 1 heterocycles. The number of halogens is 1. The third kappa shape index (κ3) is 5.29. The van der Waals surface area contributed by atoms with Gasteiger partial charge in [0.2, 0.25) is 15.9 Å². The molecule has 1 amide bonds. The molecule has 7 heteroatoms. The Morgan fingerprint density at radius 1 is 1.26 bits per heavy atom. The normalized spacial score (nSPS) is 17.1. The van der Waals surface area contributed by atoms with Crippen molar-refractivity contribution in [2.24, 2.45) is 5.92 Å². The summed E-state index contributed by atoms with van der Waals surface area (Å²) in [6, 6.07) is 7.31. The molecule has 1 fully saturated rings. The number of hydrogen-bond donors (Lipinski definition) is 1. The number of benzene rings is 1. The van der Waals surface area contributed by atoms with Crippen LogP contribution in [0.4, 0.5) is 0 Å². The van der Waals surface area contributed by atoms with Gasteiger partial charge in [-0.3, -0.25) is 4.79 Å². The molecule has 0 spiro atoms. The Morgan fingerprint density at radius 2 is 1.87 bits per heavy atom. The van der Waals surface area contributed by atoms with Crippen molar-refractivity contribution in [3.63, 3.8) is 0 Å². The predicted octanol–water partition coefficient (Wildman–Crippen LogP) is 2.52. The maximum atomic E-state index is 12.5. The second-order valence-corrected chi connectivity index (χ2v) is 8.73. The third-order valence-electron chi connectivity index (χ3n) is 4.03. The van der Waals surface area contributed by atoms with Crippen molar-refractivity contribution in [1.82, 2.24) is 9.62 Å². The van der Waals surface area contributed by atoms with Crippen LogP contribution >= 0.6 is 15.9 Å². The highest BCUT2D eigenvalue weighted by Crippen LogP contribution is 2.22. The number of nitrogens with zero attached hydrogens (tertiary/aromatic N) is 1. The summed E-state index contributed by atoms with van der Waals surface area (Å²) in [4.78, 5) is 12.0. The number of hydrogen-bond acceptors (Lipinski definition) is 3. The highest BCUT2D eigenvalue weighted by molar-refractivity contribution is 9.10. The van der Waals surface area contributed by atoms with Crippen LogP contribution < -0.4 is 5.32 Å². The summed E-state index contributed by atoms with van der Waals surface area (Å²) in [6.45, 7) is 3.53. The number of sulfonamides is 1. The van der Waals surface area contributed by atoms with Crippen LogP contribution in [0.5, 0.6) is 0 Å². The number of piperidine rings is 1. The first-order chi connectivity index (χ1) is 10.9. The van der Waals surface area contributed by atoms with E-state index in [0.717, 1.165) is 16.5 Å². The summed E-state index contributed by atoms with van der Waals surface area (Å²) in [5, 5.41) is 2.89. The maximum absolute atomic E-state index is 12.5. The summed E-state index contributed by atoms with van der Waals surface area (Å²) in [6.07, 6.45) is 2.09. The second kappa shape index (κ2) is 8.26. The Labute approximate surface area is 146 Å². The molecule has 1 saturated heterocycles. The van der Waals surface area contributed by atoms with Crippen LogP contribution in [0.3, 0.4) is 0 Å². The molecular formula is C16H23BrN2O3S. The van der Waals surface area contributed by atoms with Crippen molar-refractivity contribution >= 4 is 31.9 Å². The molecule has 0 atom stereocenters. The molecule has 128 valence electrons. The number of rotatable bonds is 6. The lowest BCUT2D eigenvalue weighted by Crippen LogP contribution is -2.43. The van der Waals surface area contributed by atoms with Crippen molar-refractivity contribution < 1.29 is 13.2 Å². The third-order valence-corrected chi connectivity index (χ3v) is 6.41. The van der Waals surface area contributed by atoms with Crippen molar-refractivity contribution in [2.75, 3.05) is 19.6 Å². The van der Waals surface area contributed by atoms with E-state index in [4.69, 9.17) is 0 Å². The van der Waals surface area contributed by atoms with E-state index >= 15 is 0 Å². The van der Waals surface area contributed by atoms with Crippen molar-refractivity contribution in [1.29, 1.82) is 0 Å². The van der Waals surface area contributed by atoms with Crippen LogP contribution in [0.2, 0.25) is 0 Å². The van der Waals surface area contributed by atoms with Gasteiger partial charge in [0.15, 0.2) is 0 Å². The van der Waals surface area contributed by atoms with E-state index in [1.807, 2.05) is 31.2 Å². The predicted molar refractivity (Wildman–Crippen MR) is 94.4 cm³/mol. The molecule has 0 radical (unpaired) electrons. The van der Waals surface area contributed by atoms with Gasteiger partial charge >= 0.3 is 0 Å². The molecule has 1 aliphatic heterocycles. The lowest BCUT2D eigenvalue weighted by Gasteiger charge is -2.30. The van der Waals surface area contributed by atoms with Crippen LogP contribution in [0.25, 0.3) is 0 Å². The topological polar surface area (TPSA) is 66.5 Å². The summed E-state index contributed by atoms with van der Waals surface area (Å²) < 4.78 is 27.4. The minimum absolute atomic E-state index is 0.00692. The Kier molecular flexibility index (Phi) is 6.61. The fraction of sp³-hybridized carbons (Fsp3) is 0.562. The van der Waals surface area contributed by atoms with Gasteiger partial charge in [-0.05, 0) is 37.0 Å². The van der Waals surface area contributed by atoms with Gasteiger partial charge in [-0.2, -0.15) is 0 Å². The molecule has 0 saturated carbocycles. The average Bonchev–Trinajstić information content (AvgIpc) is 2.54. The van der Waals surface area contributed by atoms with Gasteiger partial charge in [0.25, 0.3) is 0 Å². The Balaban J connectivity index is 1.90. The van der Waals surface area contributed by atoms with E-state index in [1.165, 1.54) is 4.31 Å². The van der Waals surface area contributed by atoms with Crippen LogP contribution in [0, 0.1) is 5.92 Å². The fourth-order valence-electron chi connectivity index (χ4n) is 2.67. The molecule has 0 aromatic heterocycles. The first-order valence-electron chi connectivity index (χ1n) is 7.92. The van der Waals surface area contributed by atoms with Gasteiger partial charge in [0.1, 0.15) is 0 Å². The summed E-state index contributed by atoms with van der Waals surface area (Å²) in [5.41, 5.74) is 0.774. The SMILES string of the molecule is CCCNC(=O)C1CCN(S(=O)(=O)Cc2ccc(Br)cc2)CC1. The molecule has 1 aromatic carbocycles. The van der Waals surface area contributed by atoms with E-state index < -0.39 is 10.0 Å². The van der Waals surface area contributed by atoms with Gasteiger partial charge < -0.3 is 5.32 Å². The van der Waals surface area contributed by atoms with E-state index in [9.17, 15) is 13.2 Å². The molecular weight excluding hydrogens is 380 g/mol. The van der Waals surface area contributed by atoms with E-state index in [1.54, 1.807) is 0 Å². The number of amides is 1. The lowest BCUT2D eigenvalue weighted by molar-refractivity contribution is -0.126. The van der Waals surface area contributed by atoms with Gasteiger partial charge in [-0.25, -0.2) is 12.7 Å². The molecule has 0 aliphatic carbocycles. The maximum Gasteiger partial charge on any atom is 0.223 e. The summed E-state index contributed by atoms with van der Waals surface area (Å²) in [7, 11) is -3.33. The van der Waals surface area contributed by atoms with Crippen molar-refractivity contribution in [3.05, 3.63) is 34.3 Å². The van der Waals surface area contributed by atoms with Gasteiger partial charge in [0, 0.05) is 30.0 Å². The van der Waals surface area contributed by atoms with Crippen LogP contribution in [-0.2, 0) is 20.6 Å². The highest BCUT2D eigenvalue weighted by atomic mass is 79.9. The molecule has 1 aliphatic rings. The highest BCUT2D eigenvalue weighted by Gasteiger charge is 2.30. The quantitative estimate of drug-likeness (QED) is 0.794. The minimum atomic E-state index is -3.33. The van der Waals surface area contributed by atoms with E-state index in [-0.39, 0.29) is 17.6 Å². The van der Waals surface area contributed by atoms with Crippen LogP contribution in [0.1, 0.15) is 31.7 Å². The number of carbonyl (C=O) groups excluding carboxylic acids is 1. The minimum Gasteiger partial charge on any atom is -0.356 e. The molecule has 0 unspecified atom stereocenters. The molecule has 2 rings (SSSR count). The number of nitrogens with one attached hydrogen (secondary N) is 1. The van der Waals surface area contributed by atoms with Crippen LogP contribution in [0.15, 0.2) is 28.7 Å². The first-order valence-corrected chi connectivity index (χ1v) is 10.3. The molecule has 1 aromatic rings. The Hall–Kier alpha value is -0.920. The van der Waals surface area contributed by atoms with Gasteiger partial charge in [0.05, 0.1) is 5.75 Å². The Bertz CT molecular complexity index is 623. The zero-order valence-corrected chi connectivity index (χ0v) is 15.7. The Morgan fingerprint density at radius 3 is 2.43 bits per heavy atom. The molecule has 23 heavy (non-hydrogen) atoms. The van der Waals surface area contributed by atoms with Crippen molar-refractivity contribution in [2.45, 2.75) is 31.9 Å². The molecule has 5 nitrogen and oxygen atoms in total. The van der Waals surface area contributed by atoms with Gasteiger partial charge in [-0.15, -0.1) is 0 Å². The van der Waals surface area contributed by atoms with Gasteiger partial charge in [-0.1, -0.05) is 35.0 Å². The average molecular weight is 403 g/mol. The van der Waals surface area contributed by atoms with E-state index in [2.05, 4.69) is 21.2 Å². The largest absolute Gasteiger partial charge is 0.356 e. The van der Waals surface area contributed by atoms with Crippen molar-refractivity contribution in [3.8, 4) is 0 Å². The first kappa shape index (κ1) is 18.4. The zero-order valence-electron chi connectivity index (χ0n) is 13.3. The standard InChI is InChI=1S/C16H23BrN2O3S/c1-2-9-18-16(20)14-7-10-19(11-8-14)23(21,22)12-13-3-5-15(17)6-4-13/h3-6,14H,2,7-12H2,1H3,(H,18,20). The number of carbonyl (C=O) groups is 1. The zero-order chi connectivity index (χ0) is 16.9. The fourth-order valence-corrected chi connectivity index (χ4v) is 4.50. The summed E-state index contributed by atoms with van der Waals surface area (Å²) in [5.74, 6) is -0.00929.